The van der Waals surface area contributed by atoms with E-state index in [-0.39, 0.29) is 5.43 Å². The van der Waals surface area contributed by atoms with Crippen molar-refractivity contribution in [3.63, 3.8) is 0 Å². The zero-order valence-corrected chi connectivity index (χ0v) is 14.0. The molecule has 5 aromatic rings. The predicted molar refractivity (Wildman–Crippen MR) is 100 cm³/mol. The van der Waals surface area contributed by atoms with Crippen LogP contribution in [0.5, 0.6) is 0 Å². The highest BCUT2D eigenvalue weighted by molar-refractivity contribution is 6.01. The summed E-state index contributed by atoms with van der Waals surface area (Å²) in [5, 5.41) is 1.27. The topological polar surface area (TPSA) is 52.2 Å². The van der Waals surface area contributed by atoms with E-state index in [0.717, 1.165) is 28.8 Å². The average Bonchev–Trinajstić information content (AvgIpc) is 3.04. The van der Waals surface area contributed by atoms with E-state index in [1.54, 1.807) is 0 Å². The summed E-state index contributed by atoms with van der Waals surface area (Å²) in [4.78, 5) is 22.8. The first kappa shape index (κ1) is 14.2. The Morgan fingerprint density at radius 1 is 0.920 bits per heavy atom. The molecule has 0 radical (unpaired) electrons. The number of hydrogen-bond acceptors (Lipinski definition) is 3. The van der Waals surface area contributed by atoms with E-state index in [9.17, 15) is 4.79 Å². The maximum atomic E-state index is 13.2. The van der Waals surface area contributed by atoms with Gasteiger partial charge in [-0.15, -0.1) is 0 Å². The van der Waals surface area contributed by atoms with Crippen LogP contribution in [0.15, 0.2) is 53.3 Å². The molecule has 0 fully saturated rings. The maximum absolute atomic E-state index is 13.2. The van der Waals surface area contributed by atoms with Gasteiger partial charge in [-0.05, 0) is 24.3 Å². The normalized spacial score (nSPS) is 11.9. The van der Waals surface area contributed by atoms with Crippen LogP contribution >= 0.6 is 0 Å². The van der Waals surface area contributed by atoms with E-state index in [0.29, 0.717) is 22.1 Å². The molecule has 0 saturated heterocycles. The number of nitrogens with zero attached hydrogens (tertiary/aromatic N) is 4. The Morgan fingerprint density at radius 3 is 2.44 bits per heavy atom. The quantitative estimate of drug-likeness (QED) is 0.443. The van der Waals surface area contributed by atoms with Crippen LogP contribution in [0.1, 0.15) is 12.7 Å². The first-order valence-corrected chi connectivity index (χ1v) is 8.38. The Balaban J connectivity index is 2.17. The van der Waals surface area contributed by atoms with Crippen LogP contribution in [-0.2, 0) is 13.5 Å². The van der Waals surface area contributed by atoms with Crippen molar-refractivity contribution in [2.24, 2.45) is 7.05 Å². The summed E-state index contributed by atoms with van der Waals surface area (Å²) in [5.74, 6) is 0.904. The molecule has 25 heavy (non-hydrogen) atoms. The fourth-order valence-electron chi connectivity index (χ4n) is 3.67. The van der Waals surface area contributed by atoms with Gasteiger partial charge in [0.15, 0.2) is 5.65 Å². The smallest absolute Gasteiger partial charge is 0.202 e. The van der Waals surface area contributed by atoms with Crippen LogP contribution in [0.4, 0.5) is 0 Å². The third-order valence-corrected chi connectivity index (χ3v) is 4.87. The second kappa shape index (κ2) is 4.89. The van der Waals surface area contributed by atoms with Crippen LogP contribution in [0.25, 0.3) is 38.6 Å². The molecule has 0 N–H and O–H groups in total. The summed E-state index contributed by atoms with van der Waals surface area (Å²) in [6.45, 7) is 2.07. The number of aromatic nitrogens is 4. The van der Waals surface area contributed by atoms with E-state index in [1.807, 2.05) is 64.5 Å². The Labute approximate surface area is 143 Å². The van der Waals surface area contributed by atoms with Gasteiger partial charge in [-0.3, -0.25) is 9.20 Å². The molecular weight excluding hydrogens is 312 g/mol. The second-order valence-corrected chi connectivity index (χ2v) is 6.25. The minimum atomic E-state index is -0.0147. The lowest BCUT2D eigenvalue weighted by Gasteiger charge is -2.12. The fourth-order valence-corrected chi connectivity index (χ4v) is 3.67. The van der Waals surface area contributed by atoms with Crippen LogP contribution in [0.3, 0.4) is 0 Å². The summed E-state index contributed by atoms with van der Waals surface area (Å²) < 4.78 is 4.01. The van der Waals surface area contributed by atoms with Crippen LogP contribution in [0, 0.1) is 0 Å². The van der Waals surface area contributed by atoms with Gasteiger partial charge in [-0.1, -0.05) is 31.2 Å². The van der Waals surface area contributed by atoms with E-state index in [1.165, 1.54) is 0 Å². The number of para-hydroxylation sites is 3. The highest BCUT2D eigenvalue weighted by atomic mass is 16.1. The molecule has 5 rings (SSSR count). The number of imidazole rings is 1. The van der Waals surface area contributed by atoms with Gasteiger partial charge in [0.05, 0.1) is 16.6 Å². The zero-order chi connectivity index (χ0) is 17.1. The highest BCUT2D eigenvalue weighted by Crippen LogP contribution is 2.25. The molecule has 0 amide bonds. The number of aryl methyl sites for hydroxylation is 2. The average molecular weight is 328 g/mol. The first-order chi connectivity index (χ1) is 12.2. The van der Waals surface area contributed by atoms with Crippen molar-refractivity contribution in [2.45, 2.75) is 13.3 Å². The highest BCUT2D eigenvalue weighted by Gasteiger charge is 2.18. The summed E-state index contributed by atoms with van der Waals surface area (Å²) in [5.41, 5.74) is 4.10. The van der Waals surface area contributed by atoms with Gasteiger partial charge in [0.1, 0.15) is 16.9 Å². The van der Waals surface area contributed by atoms with Crippen LogP contribution in [-0.4, -0.2) is 18.9 Å². The molecule has 0 saturated carbocycles. The molecule has 5 heteroatoms. The summed E-state index contributed by atoms with van der Waals surface area (Å²) in [7, 11) is 1.95. The standard InChI is InChI=1S/C20H16N4O/c1-3-16-22-19-17(18(25)12-8-4-6-10-14(12)23(19)2)20-21-13-9-5-7-11-15(13)24(16)20/h4-11H,3H2,1-2H3. The van der Waals surface area contributed by atoms with E-state index in [4.69, 9.17) is 9.97 Å². The molecule has 0 aliphatic rings. The third-order valence-electron chi connectivity index (χ3n) is 4.87. The van der Waals surface area contributed by atoms with Crippen molar-refractivity contribution in [1.29, 1.82) is 0 Å². The minimum absolute atomic E-state index is 0.0147. The van der Waals surface area contributed by atoms with Gasteiger partial charge in [0, 0.05) is 18.9 Å². The van der Waals surface area contributed by atoms with Crippen molar-refractivity contribution in [3.8, 4) is 0 Å². The molecule has 0 aliphatic heterocycles. The Hall–Kier alpha value is -3.21. The van der Waals surface area contributed by atoms with E-state index < -0.39 is 0 Å². The Bertz CT molecular complexity index is 1360. The lowest BCUT2D eigenvalue weighted by molar-refractivity contribution is 0.893. The molecule has 0 aliphatic carbocycles. The first-order valence-electron chi connectivity index (χ1n) is 8.38. The summed E-state index contributed by atoms with van der Waals surface area (Å²) in [6, 6.07) is 15.6. The molecule has 0 bridgehead atoms. The molecule has 122 valence electrons. The molecule has 3 heterocycles. The second-order valence-electron chi connectivity index (χ2n) is 6.25. The molecule has 0 spiro atoms. The lowest BCUT2D eigenvalue weighted by atomic mass is 10.1. The Kier molecular flexibility index (Phi) is 2.77. The van der Waals surface area contributed by atoms with Crippen molar-refractivity contribution < 1.29 is 0 Å². The molecule has 0 unspecified atom stereocenters. The van der Waals surface area contributed by atoms with Gasteiger partial charge in [0.25, 0.3) is 0 Å². The molecule has 2 aromatic carbocycles. The summed E-state index contributed by atoms with van der Waals surface area (Å²) >= 11 is 0. The van der Waals surface area contributed by atoms with Crippen molar-refractivity contribution in [2.75, 3.05) is 0 Å². The van der Waals surface area contributed by atoms with Gasteiger partial charge in [-0.2, -0.15) is 0 Å². The number of fused-ring (bicyclic) bond motifs is 6. The fraction of sp³-hybridized carbons (Fsp3) is 0.150. The molecule has 3 aromatic heterocycles. The maximum Gasteiger partial charge on any atom is 0.202 e. The largest absolute Gasteiger partial charge is 0.328 e. The van der Waals surface area contributed by atoms with Crippen molar-refractivity contribution in [3.05, 3.63) is 64.6 Å². The van der Waals surface area contributed by atoms with E-state index >= 15 is 0 Å². The monoisotopic (exact) mass is 328 g/mol. The number of rotatable bonds is 1. The van der Waals surface area contributed by atoms with Gasteiger partial charge in [0.2, 0.25) is 5.43 Å². The number of benzene rings is 2. The van der Waals surface area contributed by atoms with Gasteiger partial charge in [-0.25, -0.2) is 9.97 Å². The lowest BCUT2D eigenvalue weighted by Crippen LogP contribution is -2.14. The predicted octanol–water partition coefficient (Wildman–Crippen LogP) is 3.45. The van der Waals surface area contributed by atoms with Gasteiger partial charge >= 0.3 is 0 Å². The summed E-state index contributed by atoms with van der Waals surface area (Å²) in [6.07, 6.45) is 0.758. The van der Waals surface area contributed by atoms with Crippen LogP contribution in [0.2, 0.25) is 0 Å². The number of pyridine rings is 1. The Morgan fingerprint density at radius 2 is 1.64 bits per heavy atom. The third kappa shape index (κ3) is 1.75. The minimum Gasteiger partial charge on any atom is -0.328 e. The van der Waals surface area contributed by atoms with Gasteiger partial charge < -0.3 is 4.57 Å². The van der Waals surface area contributed by atoms with E-state index in [2.05, 4.69) is 6.92 Å². The SMILES string of the molecule is CCc1nc2c(c(=O)c3ccccc3n2C)c2nc3ccccc3n12. The van der Waals surface area contributed by atoms with Crippen molar-refractivity contribution >= 4 is 38.6 Å². The molecule has 5 nitrogen and oxygen atoms in total. The zero-order valence-electron chi connectivity index (χ0n) is 14.0. The molecule has 0 atom stereocenters. The number of hydrogen-bond donors (Lipinski definition) is 0. The van der Waals surface area contributed by atoms with Crippen molar-refractivity contribution in [1.82, 2.24) is 18.9 Å². The van der Waals surface area contributed by atoms with Crippen LogP contribution < -0.4 is 5.43 Å². The molecular formula is C20H16N4O.